The normalized spacial score (nSPS) is 12.3. The number of alkyl halides is 3. The minimum Gasteiger partial charge on any atom is -0.380 e. The molecule has 4 aromatic rings. The van der Waals surface area contributed by atoms with E-state index in [4.69, 9.17) is 4.74 Å². The minimum absolute atomic E-state index is 0.176. The maximum Gasteiger partial charge on any atom is 0.418 e. The van der Waals surface area contributed by atoms with E-state index in [0.717, 1.165) is 28.8 Å². The number of halogens is 3. The molecular formula is C21H18F3N5O5S. The van der Waals surface area contributed by atoms with Gasteiger partial charge in [0.1, 0.15) is 0 Å². The molecule has 0 radical (unpaired) electrons. The Bertz CT molecular complexity index is 1640. The molecule has 184 valence electrons. The molecule has 0 saturated carbocycles. The van der Waals surface area contributed by atoms with Crippen LogP contribution in [-0.2, 0) is 27.5 Å². The third-order valence-corrected chi connectivity index (χ3v) is 5.51. The van der Waals surface area contributed by atoms with Crippen molar-refractivity contribution in [1.29, 1.82) is 0 Å². The zero-order chi connectivity index (χ0) is 25.5. The molecule has 0 aliphatic rings. The Morgan fingerprint density at radius 1 is 1.14 bits per heavy atom. The Morgan fingerprint density at radius 3 is 2.43 bits per heavy atom. The fraction of sp³-hybridized carbons (Fsp3) is 0.190. The van der Waals surface area contributed by atoms with Gasteiger partial charge in [0.15, 0.2) is 0 Å². The van der Waals surface area contributed by atoms with Gasteiger partial charge >= 0.3 is 11.9 Å². The van der Waals surface area contributed by atoms with Crippen LogP contribution in [0.1, 0.15) is 11.1 Å². The second-order valence-corrected chi connectivity index (χ2v) is 9.37. The van der Waals surface area contributed by atoms with E-state index >= 15 is 0 Å². The van der Waals surface area contributed by atoms with Crippen molar-refractivity contribution in [2.75, 3.05) is 18.2 Å². The highest BCUT2D eigenvalue weighted by atomic mass is 32.2. The first-order valence-corrected chi connectivity index (χ1v) is 11.8. The SMILES string of the molecule is COCc1ccc(-c2cn(-c3cc4c(=O)n(NS(C)(=O)=O)c(=O)[nH]c4cc3C(F)(F)F)cn2)cc1. The summed E-state index contributed by atoms with van der Waals surface area (Å²) in [6.45, 7) is 0.397. The molecule has 0 fully saturated rings. The molecule has 0 aliphatic carbocycles. The smallest absolute Gasteiger partial charge is 0.380 e. The third kappa shape index (κ3) is 4.97. The summed E-state index contributed by atoms with van der Waals surface area (Å²) in [6.07, 6.45) is -1.60. The summed E-state index contributed by atoms with van der Waals surface area (Å²) in [7, 11) is -2.47. The zero-order valence-electron chi connectivity index (χ0n) is 18.3. The van der Waals surface area contributed by atoms with Crippen LogP contribution in [0.2, 0.25) is 0 Å². The van der Waals surface area contributed by atoms with Gasteiger partial charge in [-0.25, -0.2) is 23.0 Å². The molecule has 10 nitrogen and oxygen atoms in total. The van der Waals surface area contributed by atoms with E-state index in [9.17, 15) is 31.2 Å². The van der Waals surface area contributed by atoms with E-state index in [1.165, 1.54) is 6.20 Å². The average Bonchev–Trinajstić information content (AvgIpc) is 3.25. The number of ether oxygens (including phenoxy) is 1. The van der Waals surface area contributed by atoms with Crippen molar-refractivity contribution in [3.05, 3.63) is 80.9 Å². The lowest BCUT2D eigenvalue weighted by Crippen LogP contribution is -2.43. The Labute approximate surface area is 195 Å². The van der Waals surface area contributed by atoms with Crippen LogP contribution in [0.15, 0.2) is 58.5 Å². The average molecular weight is 509 g/mol. The van der Waals surface area contributed by atoms with Gasteiger partial charge in [-0.05, 0) is 17.7 Å². The molecule has 2 N–H and O–H groups in total. The van der Waals surface area contributed by atoms with Crippen LogP contribution in [0.4, 0.5) is 13.2 Å². The van der Waals surface area contributed by atoms with E-state index in [0.29, 0.717) is 23.9 Å². The predicted octanol–water partition coefficient (Wildman–Crippen LogP) is 2.21. The first-order chi connectivity index (χ1) is 16.4. The number of H-pyrrole nitrogens is 1. The number of imidazole rings is 1. The Hall–Kier alpha value is -3.91. The molecule has 0 amide bonds. The van der Waals surface area contributed by atoms with Gasteiger partial charge in [-0.3, -0.25) is 4.79 Å². The van der Waals surface area contributed by atoms with Gasteiger partial charge in [-0.1, -0.05) is 24.3 Å². The molecule has 2 aromatic carbocycles. The van der Waals surface area contributed by atoms with Crippen LogP contribution in [0, 0.1) is 0 Å². The van der Waals surface area contributed by atoms with Crippen molar-refractivity contribution < 1.29 is 26.3 Å². The van der Waals surface area contributed by atoms with Crippen molar-refractivity contribution in [2.24, 2.45) is 0 Å². The lowest BCUT2D eigenvalue weighted by molar-refractivity contribution is -0.137. The number of aromatic nitrogens is 4. The van der Waals surface area contributed by atoms with Crippen LogP contribution >= 0.6 is 0 Å². The van der Waals surface area contributed by atoms with E-state index in [-0.39, 0.29) is 10.1 Å². The Balaban J connectivity index is 1.89. The van der Waals surface area contributed by atoms with Crippen LogP contribution in [0.3, 0.4) is 0 Å². The number of hydrogen-bond acceptors (Lipinski definition) is 6. The van der Waals surface area contributed by atoms with Crippen LogP contribution in [0.5, 0.6) is 0 Å². The Morgan fingerprint density at radius 2 is 1.83 bits per heavy atom. The van der Waals surface area contributed by atoms with Crippen LogP contribution < -0.4 is 16.1 Å². The minimum atomic E-state index is -4.84. The molecule has 0 unspecified atom stereocenters. The number of hydrogen-bond donors (Lipinski definition) is 2. The summed E-state index contributed by atoms with van der Waals surface area (Å²) in [6, 6.07) is 8.62. The van der Waals surface area contributed by atoms with Crippen molar-refractivity contribution in [3.63, 3.8) is 0 Å². The summed E-state index contributed by atoms with van der Waals surface area (Å²) in [5.74, 6) is 0. The van der Waals surface area contributed by atoms with E-state index in [1.54, 1.807) is 36.2 Å². The largest absolute Gasteiger partial charge is 0.418 e. The van der Waals surface area contributed by atoms with Gasteiger partial charge in [-0.2, -0.15) is 17.8 Å². The van der Waals surface area contributed by atoms with Gasteiger partial charge < -0.3 is 14.3 Å². The van der Waals surface area contributed by atoms with Crippen molar-refractivity contribution in [3.8, 4) is 16.9 Å². The molecule has 0 aliphatic heterocycles. The highest BCUT2D eigenvalue weighted by Gasteiger charge is 2.35. The summed E-state index contributed by atoms with van der Waals surface area (Å²) in [5.41, 5.74) is -2.44. The van der Waals surface area contributed by atoms with Gasteiger partial charge in [0.25, 0.3) is 5.56 Å². The molecule has 14 heteroatoms. The fourth-order valence-corrected chi connectivity index (χ4v) is 3.98. The van der Waals surface area contributed by atoms with Crippen LogP contribution in [-0.4, -0.2) is 41.0 Å². The number of rotatable bonds is 6. The summed E-state index contributed by atoms with van der Waals surface area (Å²) in [5, 5.41) is -0.345. The molecule has 0 saturated heterocycles. The fourth-order valence-electron chi connectivity index (χ4n) is 3.48. The maximum atomic E-state index is 13.9. The molecule has 35 heavy (non-hydrogen) atoms. The molecule has 2 heterocycles. The monoisotopic (exact) mass is 509 g/mol. The predicted molar refractivity (Wildman–Crippen MR) is 121 cm³/mol. The number of nitrogens with zero attached hydrogens (tertiary/aromatic N) is 3. The van der Waals surface area contributed by atoms with Crippen molar-refractivity contribution >= 4 is 20.9 Å². The highest BCUT2D eigenvalue weighted by Crippen LogP contribution is 2.36. The number of aromatic amines is 1. The number of fused-ring (bicyclic) bond motifs is 1. The number of nitrogens with one attached hydrogen (secondary N) is 2. The first-order valence-electron chi connectivity index (χ1n) is 9.88. The second kappa shape index (κ2) is 8.70. The lowest BCUT2D eigenvalue weighted by Gasteiger charge is -2.15. The van der Waals surface area contributed by atoms with Crippen LogP contribution in [0.25, 0.3) is 27.8 Å². The second-order valence-electron chi connectivity index (χ2n) is 7.64. The molecule has 2 aromatic heterocycles. The zero-order valence-corrected chi connectivity index (χ0v) is 19.1. The van der Waals surface area contributed by atoms with Crippen molar-refractivity contribution in [2.45, 2.75) is 12.8 Å². The van der Waals surface area contributed by atoms with Crippen molar-refractivity contribution in [1.82, 2.24) is 19.2 Å². The van der Waals surface area contributed by atoms with E-state index in [1.807, 2.05) is 0 Å². The number of sulfonamides is 1. The topological polar surface area (TPSA) is 128 Å². The summed E-state index contributed by atoms with van der Waals surface area (Å²) < 4.78 is 71.1. The summed E-state index contributed by atoms with van der Waals surface area (Å²) >= 11 is 0. The quantitative estimate of drug-likeness (QED) is 0.410. The van der Waals surface area contributed by atoms with Gasteiger partial charge in [0, 0.05) is 18.9 Å². The molecule has 4 rings (SSSR count). The first kappa shape index (κ1) is 24.2. The molecule has 0 atom stereocenters. The Kier molecular flexibility index (Phi) is 6.02. The van der Waals surface area contributed by atoms with E-state index in [2.05, 4.69) is 9.97 Å². The highest BCUT2D eigenvalue weighted by molar-refractivity contribution is 7.91. The lowest BCUT2D eigenvalue weighted by atomic mass is 10.1. The van der Waals surface area contributed by atoms with Gasteiger partial charge in [-0.15, -0.1) is 0 Å². The summed E-state index contributed by atoms with van der Waals surface area (Å²) in [4.78, 5) is 32.9. The molecular weight excluding hydrogens is 491 g/mol. The van der Waals surface area contributed by atoms with Gasteiger partial charge in [0.05, 0.1) is 47.0 Å². The number of methoxy groups -OCH3 is 1. The number of benzene rings is 2. The third-order valence-electron chi connectivity index (χ3n) is 5.00. The molecule has 0 spiro atoms. The molecule has 0 bridgehead atoms. The standard InChI is InChI=1S/C21H18F3N5O5S/c1-34-10-12-3-5-13(6-4-12)17-9-28(11-25-17)18-7-14-16(8-15(18)21(22,23)24)26-20(31)29(19(14)30)27-35(2,32)33/h3-9,11,27H,10H2,1-2H3,(H,26,31). The van der Waals surface area contributed by atoms with Gasteiger partial charge in [0.2, 0.25) is 10.0 Å². The maximum absolute atomic E-state index is 13.9. The van der Waals surface area contributed by atoms with E-state index < -0.39 is 44.2 Å².